The van der Waals surface area contributed by atoms with Crippen LogP contribution in [0.25, 0.3) is 0 Å². The number of likely N-dealkylation sites (N-methyl/N-ethyl adjacent to an activating group) is 1. The highest BCUT2D eigenvalue weighted by molar-refractivity contribution is 5.85. The van der Waals surface area contributed by atoms with E-state index in [1.807, 2.05) is 6.20 Å². The van der Waals surface area contributed by atoms with E-state index in [1.165, 1.54) is 16.8 Å². The van der Waals surface area contributed by atoms with Crippen molar-refractivity contribution in [3.63, 3.8) is 0 Å². The molecule has 1 aromatic carbocycles. The smallest absolute Gasteiger partial charge is 0.0599 e. The van der Waals surface area contributed by atoms with Crippen LogP contribution in [0.4, 0.5) is 5.69 Å². The third kappa shape index (κ3) is 3.93. The summed E-state index contributed by atoms with van der Waals surface area (Å²) in [5.41, 5.74) is 5.24. The van der Waals surface area contributed by atoms with Crippen molar-refractivity contribution in [3.05, 3.63) is 53.6 Å². The molecule has 0 atom stereocenters. The highest BCUT2D eigenvalue weighted by Gasteiger charge is 2.14. The second-order valence-electron chi connectivity index (χ2n) is 5.31. The normalized spacial score (nSPS) is 12.7. The molecule has 1 N–H and O–H groups in total. The third-order valence-corrected chi connectivity index (χ3v) is 3.74. The predicted octanol–water partition coefficient (Wildman–Crippen LogP) is 2.54. The highest BCUT2D eigenvalue weighted by atomic mass is 35.5. The number of nitrogens with zero attached hydrogens (tertiary/aromatic N) is 3. The molecule has 0 aliphatic carbocycles. The van der Waals surface area contributed by atoms with Crippen molar-refractivity contribution in [3.8, 4) is 0 Å². The average Bonchev–Trinajstić information content (AvgIpc) is 2.96. The molecule has 0 saturated heterocycles. The molecular weight excluding hydrogens is 284 g/mol. The molecule has 112 valence electrons. The quantitative estimate of drug-likeness (QED) is 0.921. The van der Waals surface area contributed by atoms with Gasteiger partial charge in [0.1, 0.15) is 0 Å². The third-order valence-electron chi connectivity index (χ3n) is 3.74. The molecule has 0 amide bonds. The Kier molecular flexibility index (Phi) is 5.53. The second kappa shape index (κ2) is 7.38. The largest absolute Gasteiger partial charge is 0.384 e. The Morgan fingerprint density at radius 1 is 1.29 bits per heavy atom. The topological polar surface area (TPSA) is 41.1 Å². The number of nitrogens with one attached hydrogen (secondary N) is 1. The average molecular weight is 305 g/mol. The Morgan fingerprint density at radius 2 is 2.19 bits per heavy atom. The van der Waals surface area contributed by atoms with Gasteiger partial charge in [-0.05, 0) is 24.6 Å². The van der Waals surface area contributed by atoms with Gasteiger partial charge < -0.3 is 10.2 Å². The molecule has 0 unspecified atom stereocenters. The molecule has 2 aromatic rings. The first-order valence-electron chi connectivity index (χ1n) is 7.11. The van der Waals surface area contributed by atoms with Gasteiger partial charge in [0.05, 0.1) is 5.69 Å². The van der Waals surface area contributed by atoms with Crippen LogP contribution >= 0.6 is 12.4 Å². The maximum absolute atomic E-state index is 4.31. The molecule has 0 radical (unpaired) electrons. The maximum Gasteiger partial charge on any atom is 0.0599 e. The molecule has 1 aromatic heterocycles. The van der Waals surface area contributed by atoms with Crippen LogP contribution in [0.15, 0.2) is 36.8 Å². The molecule has 1 aliphatic heterocycles. The monoisotopic (exact) mass is 304 g/mol. The summed E-state index contributed by atoms with van der Waals surface area (Å²) in [4.78, 5) is 10.8. The lowest BCUT2D eigenvalue weighted by Gasteiger charge is -2.18. The number of anilines is 1. The van der Waals surface area contributed by atoms with Gasteiger partial charge in [0.15, 0.2) is 0 Å². The van der Waals surface area contributed by atoms with E-state index in [1.54, 1.807) is 12.4 Å². The lowest BCUT2D eigenvalue weighted by Crippen LogP contribution is -2.21. The minimum absolute atomic E-state index is 0. The van der Waals surface area contributed by atoms with Crippen LogP contribution in [-0.4, -0.2) is 35.0 Å². The fourth-order valence-electron chi connectivity index (χ4n) is 2.68. The van der Waals surface area contributed by atoms with Crippen molar-refractivity contribution in [1.82, 2.24) is 14.9 Å². The zero-order chi connectivity index (χ0) is 13.8. The molecule has 0 bridgehead atoms. The Balaban J connectivity index is 0.00000161. The summed E-state index contributed by atoms with van der Waals surface area (Å²) in [5, 5.41) is 3.50. The number of hydrogen-bond acceptors (Lipinski definition) is 4. The molecule has 3 rings (SSSR count). The van der Waals surface area contributed by atoms with Crippen LogP contribution in [0.2, 0.25) is 0 Å². The molecule has 2 heterocycles. The molecule has 4 nitrogen and oxygen atoms in total. The molecule has 21 heavy (non-hydrogen) atoms. The van der Waals surface area contributed by atoms with Gasteiger partial charge >= 0.3 is 0 Å². The van der Waals surface area contributed by atoms with Crippen molar-refractivity contribution < 1.29 is 0 Å². The first kappa shape index (κ1) is 15.7. The standard InChI is InChI=1S/C16H20N4.ClH/c1-20(10-6-15-11-17-8-9-18-15)12-14-4-2-3-13-5-7-19-16(13)14;/h2-4,8-9,11,19H,5-7,10,12H2,1H3;1H. The number of fused-ring (bicyclic) bond motifs is 1. The summed E-state index contributed by atoms with van der Waals surface area (Å²) in [6.45, 7) is 3.02. The van der Waals surface area contributed by atoms with Crippen LogP contribution in [0.5, 0.6) is 0 Å². The van der Waals surface area contributed by atoms with Crippen molar-refractivity contribution in [2.75, 3.05) is 25.5 Å². The summed E-state index contributed by atoms with van der Waals surface area (Å²) in [5.74, 6) is 0. The minimum Gasteiger partial charge on any atom is -0.384 e. The summed E-state index contributed by atoms with van der Waals surface area (Å²) in [7, 11) is 2.16. The van der Waals surface area contributed by atoms with Crippen molar-refractivity contribution in [2.24, 2.45) is 0 Å². The molecule has 0 saturated carbocycles. The highest BCUT2D eigenvalue weighted by Crippen LogP contribution is 2.27. The van der Waals surface area contributed by atoms with Gasteiger partial charge in [-0.25, -0.2) is 0 Å². The SMILES string of the molecule is CN(CCc1cnccn1)Cc1cccc2c1NCC2.Cl. The summed E-state index contributed by atoms with van der Waals surface area (Å²) < 4.78 is 0. The minimum atomic E-state index is 0. The summed E-state index contributed by atoms with van der Waals surface area (Å²) in [6, 6.07) is 6.60. The molecule has 5 heteroatoms. The van der Waals surface area contributed by atoms with E-state index in [0.29, 0.717) is 0 Å². The first-order valence-corrected chi connectivity index (χ1v) is 7.11. The molecular formula is C16H21ClN4. The van der Waals surface area contributed by atoms with E-state index >= 15 is 0 Å². The second-order valence-corrected chi connectivity index (χ2v) is 5.31. The van der Waals surface area contributed by atoms with Crippen LogP contribution < -0.4 is 5.32 Å². The van der Waals surface area contributed by atoms with Gasteiger partial charge in [0.25, 0.3) is 0 Å². The van der Waals surface area contributed by atoms with E-state index in [4.69, 9.17) is 0 Å². The molecule has 0 spiro atoms. The van der Waals surface area contributed by atoms with E-state index in [2.05, 4.69) is 45.4 Å². The number of hydrogen-bond donors (Lipinski definition) is 1. The fraction of sp³-hybridized carbons (Fsp3) is 0.375. The van der Waals surface area contributed by atoms with Crippen LogP contribution in [0, 0.1) is 0 Å². The lowest BCUT2D eigenvalue weighted by atomic mass is 10.1. The van der Waals surface area contributed by atoms with Gasteiger partial charge in [-0.1, -0.05) is 18.2 Å². The van der Waals surface area contributed by atoms with Crippen LogP contribution in [-0.2, 0) is 19.4 Å². The fourth-order valence-corrected chi connectivity index (χ4v) is 2.68. The Labute approximate surface area is 132 Å². The van der Waals surface area contributed by atoms with E-state index in [-0.39, 0.29) is 12.4 Å². The van der Waals surface area contributed by atoms with Crippen molar-refractivity contribution in [2.45, 2.75) is 19.4 Å². The Bertz CT molecular complexity index is 574. The zero-order valence-corrected chi connectivity index (χ0v) is 13.1. The number of benzene rings is 1. The molecule has 1 aliphatic rings. The van der Waals surface area contributed by atoms with Gasteiger partial charge in [0.2, 0.25) is 0 Å². The van der Waals surface area contributed by atoms with Gasteiger partial charge in [-0.2, -0.15) is 0 Å². The predicted molar refractivity (Wildman–Crippen MR) is 88.0 cm³/mol. The van der Waals surface area contributed by atoms with Gasteiger partial charge in [-0.3, -0.25) is 9.97 Å². The van der Waals surface area contributed by atoms with Crippen molar-refractivity contribution >= 4 is 18.1 Å². The molecule has 0 fully saturated rings. The summed E-state index contributed by atoms with van der Waals surface area (Å²) in [6.07, 6.45) is 7.39. The van der Waals surface area contributed by atoms with E-state index < -0.39 is 0 Å². The van der Waals surface area contributed by atoms with Gasteiger partial charge in [0, 0.05) is 50.3 Å². The van der Waals surface area contributed by atoms with Crippen LogP contribution in [0.3, 0.4) is 0 Å². The Morgan fingerprint density at radius 3 is 3.00 bits per heavy atom. The maximum atomic E-state index is 4.31. The van der Waals surface area contributed by atoms with Gasteiger partial charge in [-0.15, -0.1) is 12.4 Å². The van der Waals surface area contributed by atoms with E-state index in [9.17, 15) is 0 Å². The van der Waals surface area contributed by atoms with Crippen LogP contribution in [0.1, 0.15) is 16.8 Å². The Hall–Kier alpha value is -1.65. The van der Waals surface area contributed by atoms with Crippen molar-refractivity contribution in [1.29, 1.82) is 0 Å². The number of halogens is 1. The number of rotatable bonds is 5. The zero-order valence-electron chi connectivity index (χ0n) is 12.2. The summed E-state index contributed by atoms with van der Waals surface area (Å²) >= 11 is 0. The number of aromatic nitrogens is 2. The van der Waals surface area contributed by atoms with E-state index in [0.717, 1.165) is 38.2 Å². The lowest BCUT2D eigenvalue weighted by molar-refractivity contribution is 0.330. The first-order chi connectivity index (χ1) is 9.83. The number of para-hydroxylation sites is 1.